The van der Waals surface area contributed by atoms with Gasteiger partial charge in [0.05, 0.1) is 5.39 Å². The van der Waals surface area contributed by atoms with E-state index in [1.54, 1.807) is 11.7 Å². The zero-order chi connectivity index (χ0) is 23.9. The second-order valence-corrected chi connectivity index (χ2v) is 9.76. The van der Waals surface area contributed by atoms with Crippen molar-refractivity contribution in [3.05, 3.63) is 47.2 Å². The monoisotopic (exact) mass is 479 g/mol. The molecule has 1 aromatic carbocycles. The lowest BCUT2D eigenvalue weighted by Gasteiger charge is -2.33. The quantitative estimate of drug-likeness (QED) is 0.553. The minimum atomic E-state index is -4.14. The van der Waals surface area contributed by atoms with E-state index in [1.807, 2.05) is 19.9 Å². The number of carbonyl (C=O) groups is 1. The van der Waals surface area contributed by atoms with Crippen LogP contribution in [-0.4, -0.2) is 71.1 Å². The topological polar surface area (TPSA) is 97.6 Å². The van der Waals surface area contributed by atoms with Crippen molar-refractivity contribution in [2.45, 2.75) is 18.7 Å². The Morgan fingerprint density at radius 3 is 2.48 bits per heavy atom. The van der Waals surface area contributed by atoms with Gasteiger partial charge in [-0.3, -0.25) is 4.79 Å². The number of amides is 1. The highest BCUT2D eigenvalue weighted by atomic mass is 32.2. The van der Waals surface area contributed by atoms with E-state index in [0.29, 0.717) is 17.6 Å². The molecule has 0 aliphatic carbocycles. The number of hydrogen-bond acceptors (Lipinski definition) is 6. The van der Waals surface area contributed by atoms with Crippen molar-refractivity contribution in [1.82, 2.24) is 24.0 Å². The van der Waals surface area contributed by atoms with Gasteiger partial charge < -0.3 is 9.64 Å². The Balaban J connectivity index is 1.40. The molecule has 1 fully saturated rings. The van der Waals surface area contributed by atoms with Crippen LogP contribution in [0.15, 0.2) is 29.2 Å². The third-order valence-corrected chi connectivity index (χ3v) is 7.45. The van der Waals surface area contributed by atoms with Gasteiger partial charge in [0.2, 0.25) is 15.9 Å². The number of ether oxygens (including phenoxy) is 1. The number of aryl methyl sites for hydroxylation is 3. The molecular formula is C21H23F2N5O4S. The summed E-state index contributed by atoms with van der Waals surface area (Å²) in [5, 5.41) is 5.04. The fourth-order valence-corrected chi connectivity index (χ4v) is 5.34. The first-order valence-electron chi connectivity index (χ1n) is 10.2. The van der Waals surface area contributed by atoms with Gasteiger partial charge in [0.1, 0.15) is 16.5 Å². The number of fused-ring (bicyclic) bond motifs is 1. The van der Waals surface area contributed by atoms with Crippen molar-refractivity contribution in [3.63, 3.8) is 0 Å². The normalized spacial score (nSPS) is 15.2. The highest BCUT2D eigenvalue weighted by Crippen LogP contribution is 2.27. The first kappa shape index (κ1) is 23.1. The number of sulfonamides is 1. The van der Waals surface area contributed by atoms with Crippen LogP contribution in [-0.2, 0) is 21.9 Å². The highest BCUT2D eigenvalue weighted by molar-refractivity contribution is 7.89. The average Bonchev–Trinajstić information content (AvgIpc) is 3.07. The van der Waals surface area contributed by atoms with Crippen LogP contribution in [0.25, 0.3) is 11.0 Å². The number of rotatable bonds is 5. The zero-order valence-electron chi connectivity index (χ0n) is 18.4. The average molecular weight is 480 g/mol. The fraction of sp³-hybridized carbons (Fsp3) is 0.381. The van der Waals surface area contributed by atoms with Crippen molar-refractivity contribution in [2.75, 3.05) is 32.8 Å². The van der Waals surface area contributed by atoms with Crippen molar-refractivity contribution >= 4 is 27.0 Å². The highest BCUT2D eigenvalue weighted by Gasteiger charge is 2.32. The van der Waals surface area contributed by atoms with Crippen molar-refractivity contribution in [3.8, 4) is 5.88 Å². The van der Waals surface area contributed by atoms with Gasteiger partial charge >= 0.3 is 0 Å². The summed E-state index contributed by atoms with van der Waals surface area (Å²) in [4.78, 5) is 18.0. The summed E-state index contributed by atoms with van der Waals surface area (Å²) in [5.41, 5.74) is 2.43. The van der Waals surface area contributed by atoms with Crippen LogP contribution in [0.5, 0.6) is 5.88 Å². The van der Waals surface area contributed by atoms with E-state index in [0.717, 1.165) is 33.1 Å². The molecule has 0 bridgehead atoms. The Kier molecular flexibility index (Phi) is 6.06. The summed E-state index contributed by atoms with van der Waals surface area (Å²) in [5.74, 6) is -2.02. The van der Waals surface area contributed by atoms with Crippen LogP contribution in [0.2, 0.25) is 0 Å². The summed E-state index contributed by atoms with van der Waals surface area (Å²) < 4.78 is 60.9. The number of hydrogen-bond donors (Lipinski definition) is 0. The van der Waals surface area contributed by atoms with Gasteiger partial charge in [-0.25, -0.2) is 26.9 Å². The summed E-state index contributed by atoms with van der Waals surface area (Å²) >= 11 is 0. The van der Waals surface area contributed by atoms with Gasteiger partial charge in [0, 0.05) is 45.0 Å². The number of nitrogens with zero attached hydrogens (tertiary/aromatic N) is 5. The molecule has 176 valence electrons. The Morgan fingerprint density at radius 1 is 1.12 bits per heavy atom. The molecule has 33 heavy (non-hydrogen) atoms. The van der Waals surface area contributed by atoms with Crippen molar-refractivity contribution < 1.29 is 26.7 Å². The van der Waals surface area contributed by atoms with Crippen LogP contribution in [0.4, 0.5) is 8.78 Å². The van der Waals surface area contributed by atoms with E-state index in [9.17, 15) is 22.0 Å². The minimum absolute atomic E-state index is 0.0142. The maximum Gasteiger partial charge on any atom is 0.260 e. The van der Waals surface area contributed by atoms with Crippen LogP contribution in [0.1, 0.15) is 11.3 Å². The molecule has 3 aromatic rings. The largest absolute Gasteiger partial charge is 0.466 e. The number of halogens is 2. The van der Waals surface area contributed by atoms with Gasteiger partial charge in [-0.05, 0) is 37.6 Å². The molecule has 3 heterocycles. The summed E-state index contributed by atoms with van der Waals surface area (Å²) in [6.07, 6.45) is 0. The standard InChI is InChI=1S/C21H23F2N5O4S/c1-13-10-14(2)24-20-19(13)21(25-26(20)3)32-12-18(29)27-6-8-28(9-7-27)33(30,31)17-5-4-15(22)11-16(17)23/h4-5,10-11H,6-9,12H2,1-3H3. The van der Waals surface area contributed by atoms with Gasteiger partial charge in [-0.1, -0.05) is 0 Å². The Labute approximate surface area is 189 Å². The molecule has 2 aromatic heterocycles. The zero-order valence-corrected chi connectivity index (χ0v) is 19.2. The van der Waals surface area contributed by atoms with Crippen LogP contribution < -0.4 is 4.74 Å². The van der Waals surface area contributed by atoms with E-state index < -0.39 is 26.6 Å². The number of piperazine rings is 1. The molecule has 0 N–H and O–H groups in total. The molecule has 4 rings (SSSR count). The van der Waals surface area contributed by atoms with E-state index in [4.69, 9.17) is 4.74 Å². The van der Waals surface area contributed by atoms with Crippen LogP contribution >= 0.6 is 0 Å². The van der Waals surface area contributed by atoms with Gasteiger partial charge in [0.25, 0.3) is 5.91 Å². The molecule has 0 atom stereocenters. The molecule has 0 unspecified atom stereocenters. The molecule has 12 heteroatoms. The smallest absolute Gasteiger partial charge is 0.260 e. The lowest BCUT2D eigenvalue weighted by Crippen LogP contribution is -2.51. The molecule has 1 saturated heterocycles. The lowest BCUT2D eigenvalue weighted by atomic mass is 10.2. The summed E-state index contributed by atoms with van der Waals surface area (Å²) in [6, 6.07) is 4.24. The molecule has 0 spiro atoms. The van der Waals surface area contributed by atoms with E-state index >= 15 is 0 Å². The molecule has 1 aliphatic heterocycles. The predicted molar refractivity (Wildman–Crippen MR) is 115 cm³/mol. The Bertz CT molecular complexity index is 1330. The maximum atomic E-state index is 14.0. The number of aromatic nitrogens is 3. The molecule has 9 nitrogen and oxygen atoms in total. The molecule has 1 aliphatic rings. The second kappa shape index (κ2) is 8.67. The summed E-state index contributed by atoms with van der Waals surface area (Å²) in [6.45, 7) is 3.74. The molecule has 0 radical (unpaired) electrons. The molecular weight excluding hydrogens is 456 g/mol. The maximum absolute atomic E-state index is 14.0. The van der Waals surface area contributed by atoms with Crippen molar-refractivity contribution in [1.29, 1.82) is 0 Å². The van der Waals surface area contributed by atoms with Crippen LogP contribution in [0, 0.1) is 25.5 Å². The van der Waals surface area contributed by atoms with E-state index in [-0.39, 0.29) is 38.7 Å². The summed E-state index contributed by atoms with van der Waals surface area (Å²) in [7, 11) is -2.40. The van der Waals surface area contributed by atoms with Gasteiger partial charge in [-0.15, -0.1) is 5.10 Å². The number of pyridine rings is 1. The molecule has 1 amide bonds. The van der Waals surface area contributed by atoms with Crippen LogP contribution in [0.3, 0.4) is 0 Å². The van der Waals surface area contributed by atoms with Crippen molar-refractivity contribution in [2.24, 2.45) is 7.05 Å². The Morgan fingerprint density at radius 2 is 1.82 bits per heavy atom. The number of carbonyl (C=O) groups excluding carboxylic acids is 1. The minimum Gasteiger partial charge on any atom is -0.466 e. The van der Waals surface area contributed by atoms with E-state index in [2.05, 4.69) is 10.1 Å². The third-order valence-electron chi connectivity index (χ3n) is 5.52. The third kappa shape index (κ3) is 4.40. The fourth-order valence-electron chi connectivity index (χ4n) is 3.87. The lowest BCUT2D eigenvalue weighted by molar-refractivity contribution is -0.134. The van der Waals surface area contributed by atoms with E-state index in [1.165, 1.54) is 4.90 Å². The molecule has 0 saturated carbocycles. The second-order valence-electron chi connectivity index (χ2n) is 7.86. The van der Waals surface area contributed by atoms with Gasteiger partial charge in [0.15, 0.2) is 12.3 Å². The Hall–Kier alpha value is -3.12. The van der Waals surface area contributed by atoms with Gasteiger partial charge in [-0.2, -0.15) is 4.31 Å². The number of benzene rings is 1. The SMILES string of the molecule is Cc1cc(C)c2c(OCC(=O)N3CCN(S(=O)(=O)c4ccc(F)cc4F)CC3)nn(C)c2n1. The first-order valence-corrected chi connectivity index (χ1v) is 11.7. The predicted octanol–water partition coefficient (Wildman–Crippen LogP) is 1.78. The first-order chi connectivity index (χ1) is 15.6.